The van der Waals surface area contributed by atoms with E-state index in [1.807, 2.05) is 0 Å². The van der Waals surface area contributed by atoms with Crippen molar-refractivity contribution in [2.45, 2.75) is 19.8 Å². The summed E-state index contributed by atoms with van der Waals surface area (Å²) in [5.74, 6) is 3.91. The Morgan fingerprint density at radius 2 is 2.46 bits per heavy atom. The van der Waals surface area contributed by atoms with E-state index in [0.29, 0.717) is 19.6 Å². The smallest absolute Gasteiger partial charge is 0.318 e. The molecule has 5 nitrogen and oxygen atoms in total. The van der Waals surface area contributed by atoms with Crippen molar-refractivity contribution in [1.29, 1.82) is 0 Å². The molecule has 0 spiro atoms. The Morgan fingerprint density at radius 1 is 1.77 bits per heavy atom. The van der Waals surface area contributed by atoms with Crippen LogP contribution in [0.25, 0.3) is 0 Å². The summed E-state index contributed by atoms with van der Waals surface area (Å²) in [5.41, 5.74) is 0. The highest BCUT2D eigenvalue weighted by atomic mass is 16.5. The van der Waals surface area contributed by atoms with Crippen LogP contribution in [0.2, 0.25) is 0 Å². The van der Waals surface area contributed by atoms with E-state index in [9.17, 15) is 9.59 Å². The minimum Gasteiger partial charge on any atom is -0.465 e. The number of hydrogen-bond donors (Lipinski definition) is 1. The molecule has 0 saturated carbocycles. The lowest BCUT2D eigenvalue weighted by Gasteiger charge is -2.26. The van der Waals surface area contributed by atoms with Gasteiger partial charge in [0.25, 0.3) is 5.91 Å². The molecule has 1 fully saturated rings. The third-order valence-corrected chi connectivity index (χ3v) is 2.04. The molecule has 0 aromatic carbocycles. The third-order valence-electron chi connectivity index (χ3n) is 2.04. The van der Waals surface area contributed by atoms with Gasteiger partial charge in [0, 0.05) is 6.54 Å². The molecule has 1 rings (SSSR count). The highest BCUT2D eigenvalue weighted by Gasteiger charge is 2.33. The fourth-order valence-electron chi connectivity index (χ4n) is 1.36. The number of piperidine rings is 1. The van der Waals surface area contributed by atoms with E-state index < -0.39 is 11.9 Å². The second kappa shape index (κ2) is 4.23. The van der Waals surface area contributed by atoms with Crippen LogP contribution in [-0.2, 0) is 14.3 Å². The second-order valence-corrected chi connectivity index (χ2v) is 2.98. The summed E-state index contributed by atoms with van der Waals surface area (Å²) in [6.07, 6.45) is 1.30. The fraction of sp³-hybridized carbons (Fsp3) is 0.750. The van der Waals surface area contributed by atoms with E-state index in [1.54, 1.807) is 6.92 Å². The Hall–Kier alpha value is -1.10. The van der Waals surface area contributed by atoms with Crippen LogP contribution in [0.4, 0.5) is 0 Å². The first-order valence-electron chi connectivity index (χ1n) is 4.39. The van der Waals surface area contributed by atoms with Gasteiger partial charge in [0.15, 0.2) is 0 Å². The van der Waals surface area contributed by atoms with E-state index >= 15 is 0 Å². The van der Waals surface area contributed by atoms with E-state index in [0.717, 1.165) is 11.4 Å². The van der Waals surface area contributed by atoms with Crippen molar-refractivity contribution in [1.82, 2.24) is 5.01 Å². The van der Waals surface area contributed by atoms with Crippen molar-refractivity contribution in [2.75, 3.05) is 13.2 Å². The molecule has 13 heavy (non-hydrogen) atoms. The molecule has 0 aromatic heterocycles. The highest BCUT2D eigenvalue weighted by molar-refractivity contribution is 5.97. The number of rotatable bonds is 2. The Balaban J connectivity index is 2.57. The van der Waals surface area contributed by atoms with Crippen LogP contribution in [0.1, 0.15) is 19.8 Å². The van der Waals surface area contributed by atoms with Crippen molar-refractivity contribution in [3.05, 3.63) is 0 Å². The van der Waals surface area contributed by atoms with Gasteiger partial charge in [-0.3, -0.25) is 14.6 Å². The lowest BCUT2D eigenvalue weighted by molar-refractivity contribution is -0.158. The zero-order chi connectivity index (χ0) is 9.84. The van der Waals surface area contributed by atoms with Crippen molar-refractivity contribution in [3.8, 4) is 0 Å². The molecule has 0 bridgehead atoms. The summed E-state index contributed by atoms with van der Waals surface area (Å²) in [4.78, 5) is 22.6. The summed E-state index contributed by atoms with van der Waals surface area (Å²) in [6, 6.07) is 0. The summed E-state index contributed by atoms with van der Waals surface area (Å²) >= 11 is 0. The van der Waals surface area contributed by atoms with E-state index in [2.05, 4.69) is 0 Å². The van der Waals surface area contributed by atoms with Crippen molar-refractivity contribution in [3.63, 3.8) is 0 Å². The van der Waals surface area contributed by atoms with E-state index in [-0.39, 0.29) is 5.91 Å². The molecule has 1 atom stereocenters. The summed E-state index contributed by atoms with van der Waals surface area (Å²) in [6.45, 7) is 2.54. The third kappa shape index (κ3) is 2.18. The van der Waals surface area contributed by atoms with Crippen LogP contribution in [-0.4, -0.2) is 30.0 Å². The molecule has 0 aromatic rings. The number of nitrogens with zero attached hydrogens (tertiary/aromatic N) is 1. The summed E-state index contributed by atoms with van der Waals surface area (Å²) < 4.78 is 4.76. The van der Waals surface area contributed by atoms with Crippen LogP contribution in [0.15, 0.2) is 0 Å². The Morgan fingerprint density at radius 3 is 3.08 bits per heavy atom. The number of hydrogen-bond acceptors (Lipinski definition) is 4. The van der Waals surface area contributed by atoms with Gasteiger partial charge in [0.05, 0.1) is 6.61 Å². The molecule has 2 N–H and O–H groups in total. The molecule has 1 unspecified atom stereocenters. The van der Waals surface area contributed by atoms with Crippen molar-refractivity contribution in [2.24, 2.45) is 11.8 Å². The first-order chi connectivity index (χ1) is 6.16. The predicted octanol–water partition coefficient (Wildman–Crippen LogP) is -0.338. The standard InChI is InChI=1S/C8H14N2O3/c1-2-13-8(12)6-4-3-5-10(9)7(6)11/h6H,2-5,9H2,1H3. The van der Waals surface area contributed by atoms with Gasteiger partial charge in [-0.15, -0.1) is 0 Å². The lowest BCUT2D eigenvalue weighted by Crippen LogP contribution is -2.48. The highest BCUT2D eigenvalue weighted by Crippen LogP contribution is 2.16. The van der Waals surface area contributed by atoms with Gasteiger partial charge in [0.1, 0.15) is 5.92 Å². The number of carbonyl (C=O) groups is 2. The van der Waals surface area contributed by atoms with Crippen molar-refractivity contribution >= 4 is 11.9 Å². The maximum atomic E-state index is 11.3. The Bertz CT molecular complexity index is 217. The average Bonchev–Trinajstić information content (AvgIpc) is 2.10. The van der Waals surface area contributed by atoms with Crippen LogP contribution in [0, 0.1) is 5.92 Å². The molecule has 1 aliphatic rings. The predicted molar refractivity (Wildman–Crippen MR) is 45.3 cm³/mol. The molecule has 74 valence electrons. The molecule has 1 aliphatic heterocycles. The number of amides is 1. The molecule has 1 saturated heterocycles. The normalized spacial score (nSPS) is 23.1. The number of esters is 1. The summed E-state index contributed by atoms with van der Waals surface area (Å²) in [7, 11) is 0. The average molecular weight is 186 g/mol. The van der Waals surface area contributed by atoms with Crippen LogP contribution < -0.4 is 5.84 Å². The molecule has 5 heteroatoms. The number of hydrazine groups is 1. The SMILES string of the molecule is CCOC(=O)C1CCCN(N)C1=O. The molecular weight excluding hydrogens is 172 g/mol. The van der Waals surface area contributed by atoms with Gasteiger partial charge < -0.3 is 4.74 Å². The topological polar surface area (TPSA) is 72.6 Å². The van der Waals surface area contributed by atoms with Gasteiger partial charge in [-0.1, -0.05) is 0 Å². The maximum absolute atomic E-state index is 11.3. The molecule has 1 heterocycles. The quantitative estimate of drug-likeness (QED) is 0.277. The van der Waals surface area contributed by atoms with Gasteiger partial charge in [-0.25, -0.2) is 5.84 Å². The van der Waals surface area contributed by atoms with Gasteiger partial charge in [0.2, 0.25) is 0 Å². The monoisotopic (exact) mass is 186 g/mol. The summed E-state index contributed by atoms with van der Waals surface area (Å²) in [5, 5.41) is 1.09. The number of nitrogens with two attached hydrogens (primary N) is 1. The minimum absolute atomic E-state index is 0.299. The zero-order valence-electron chi connectivity index (χ0n) is 7.66. The largest absolute Gasteiger partial charge is 0.465 e. The van der Waals surface area contributed by atoms with Gasteiger partial charge in [-0.2, -0.15) is 0 Å². The van der Waals surface area contributed by atoms with Gasteiger partial charge in [-0.05, 0) is 19.8 Å². The van der Waals surface area contributed by atoms with Crippen LogP contribution >= 0.6 is 0 Å². The Kier molecular flexibility index (Phi) is 3.25. The van der Waals surface area contributed by atoms with Crippen molar-refractivity contribution < 1.29 is 14.3 Å². The number of ether oxygens (including phenoxy) is 1. The molecule has 0 aliphatic carbocycles. The fourth-order valence-corrected chi connectivity index (χ4v) is 1.36. The first kappa shape index (κ1) is 9.98. The van der Waals surface area contributed by atoms with E-state index in [4.69, 9.17) is 10.6 Å². The minimum atomic E-state index is -0.682. The zero-order valence-corrected chi connectivity index (χ0v) is 7.66. The number of carbonyl (C=O) groups excluding carboxylic acids is 2. The van der Waals surface area contributed by atoms with Gasteiger partial charge >= 0.3 is 5.97 Å². The maximum Gasteiger partial charge on any atom is 0.318 e. The molecule has 0 radical (unpaired) electrons. The molecular formula is C8H14N2O3. The first-order valence-corrected chi connectivity index (χ1v) is 4.39. The van der Waals surface area contributed by atoms with E-state index in [1.165, 1.54) is 0 Å². The second-order valence-electron chi connectivity index (χ2n) is 2.98. The molecule has 1 amide bonds. The van der Waals surface area contributed by atoms with Crippen LogP contribution in [0.5, 0.6) is 0 Å². The Labute approximate surface area is 76.8 Å². The van der Waals surface area contributed by atoms with Crippen LogP contribution in [0.3, 0.4) is 0 Å². The lowest BCUT2D eigenvalue weighted by atomic mass is 9.98.